The Labute approximate surface area is 300 Å². The number of fused-ring (bicyclic) bond motifs is 7. The maximum Gasteiger partial charge on any atom is 0.164 e. The minimum Gasteiger partial charge on any atom is -0.456 e. The molecule has 0 aliphatic heterocycles. The van der Waals surface area contributed by atoms with E-state index in [2.05, 4.69) is 0 Å². The van der Waals surface area contributed by atoms with Gasteiger partial charge in [0.15, 0.2) is 17.5 Å². The molecule has 0 N–H and O–H groups in total. The van der Waals surface area contributed by atoms with Gasteiger partial charge in [0.05, 0.1) is 17.8 Å². The normalized spacial score (nSPS) is 15.4. The fraction of sp³-hybridized carbons (Fsp3) is 0. The second-order valence-corrected chi connectivity index (χ2v) is 11.4. The zero-order chi connectivity index (χ0) is 43.6. The minimum absolute atomic E-state index is 0.130. The molecule has 0 atom stereocenters. The van der Waals surface area contributed by atoms with Crippen LogP contribution in [0.5, 0.6) is 0 Å². The summed E-state index contributed by atoms with van der Waals surface area (Å²) in [7, 11) is 0. The van der Waals surface area contributed by atoms with Gasteiger partial charge in [-0.05, 0) is 73.7 Å². The number of benzene rings is 8. The highest BCUT2D eigenvalue weighted by Gasteiger charge is 2.18. The highest BCUT2D eigenvalue weighted by atomic mass is 16.3. The molecule has 0 bridgehead atoms. The molecule has 228 valence electrons. The Morgan fingerprint density at radius 1 is 0.429 bits per heavy atom. The predicted octanol–water partition coefficient (Wildman–Crippen LogP) is 11.9. The first kappa shape index (κ1) is 17.5. The summed E-state index contributed by atoms with van der Waals surface area (Å²) in [5, 5.41) is 2.79. The Balaban J connectivity index is 1.31. The summed E-state index contributed by atoms with van der Waals surface area (Å²) in [6.45, 7) is 0. The lowest BCUT2D eigenvalue weighted by molar-refractivity contribution is 0.669. The molecule has 4 heteroatoms. The van der Waals surface area contributed by atoms with Crippen molar-refractivity contribution in [1.82, 2.24) is 15.0 Å². The molecular weight excluding hydrogens is 599 g/mol. The Kier molecular flexibility index (Phi) is 3.91. The summed E-state index contributed by atoms with van der Waals surface area (Å²) in [5.41, 5.74) is -0.608. The molecule has 8 aromatic carbocycles. The first-order chi connectivity index (χ1) is 29.7. The van der Waals surface area contributed by atoms with E-state index in [9.17, 15) is 5.48 Å². The van der Waals surface area contributed by atoms with Crippen LogP contribution >= 0.6 is 0 Å². The largest absolute Gasteiger partial charge is 0.456 e. The van der Waals surface area contributed by atoms with Gasteiger partial charge in [0.2, 0.25) is 0 Å². The molecule has 10 aromatic rings. The van der Waals surface area contributed by atoms with E-state index in [1.54, 1.807) is 0 Å². The van der Waals surface area contributed by atoms with Crippen molar-refractivity contribution < 1.29 is 22.2 Å². The van der Waals surface area contributed by atoms with Crippen molar-refractivity contribution in [2.75, 3.05) is 0 Å². The van der Waals surface area contributed by atoms with Crippen LogP contribution < -0.4 is 0 Å². The van der Waals surface area contributed by atoms with Gasteiger partial charge in [-0.1, -0.05) is 133 Å². The van der Waals surface area contributed by atoms with Gasteiger partial charge < -0.3 is 4.42 Å². The zero-order valence-electron chi connectivity index (χ0n) is 38.3. The maximum absolute atomic E-state index is 9.59. The van der Waals surface area contributed by atoms with E-state index in [0.717, 1.165) is 21.5 Å². The summed E-state index contributed by atoms with van der Waals surface area (Å²) >= 11 is 0. The predicted molar refractivity (Wildman–Crippen MR) is 201 cm³/mol. The lowest BCUT2D eigenvalue weighted by Gasteiger charge is -2.10. The molecule has 49 heavy (non-hydrogen) atoms. The third-order valence-electron chi connectivity index (χ3n) is 8.51. The molecule has 0 unspecified atom stereocenters. The van der Waals surface area contributed by atoms with Crippen molar-refractivity contribution >= 4 is 54.3 Å². The lowest BCUT2D eigenvalue weighted by atomic mass is 9.95. The SMILES string of the molecule is [2H]c1c([2H])c([2H])c(-c2c([2H])c3oc4c([2H])c(-c5nc(-c6ccc7ccccc7c6)nc(-c6ccc7ccccc7c6)n5)c([2H])c([2H])c4c3c3c([2H])c([2H])c([2H])c([2H])c23)c([2H])c1[2H]. The molecule has 0 saturated carbocycles. The molecule has 0 aliphatic carbocycles. The minimum atomic E-state index is -0.729. The van der Waals surface area contributed by atoms with Crippen LogP contribution in [-0.2, 0) is 0 Å². The van der Waals surface area contributed by atoms with Gasteiger partial charge >= 0.3 is 0 Å². The second kappa shape index (κ2) is 11.0. The maximum atomic E-state index is 9.59. The van der Waals surface area contributed by atoms with Gasteiger partial charge in [-0.3, -0.25) is 0 Å². The molecule has 0 saturated heterocycles. The quantitative estimate of drug-likeness (QED) is 0.192. The van der Waals surface area contributed by atoms with Crippen LogP contribution in [-0.4, -0.2) is 15.0 Å². The number of aromatic nitrogens is 3. The number of rotatable bonds is 4. The zero-order valence-corrected chi connectivity index (χ0v) is 25.3. The van der Waals surface area contributed by atoms with Crippen LogP contribution in [0.25, 0.3) is 99.5 Å². The fourth-order valence-electron chi connectivity index (χ4n) is 6.18. The number of hydrogen-bond donors (Lipinski definition) is 0. The molecule has 2 aromatic heterocycles. The van der Waals surface area contributed by atoms with Crippen LogP contribution in [0.4, 0.5) is 0 Å². The average molecular weight is 639 g/mol. The van der Waals surface area contributed by atoms with E-state index < -0.39 is 89.7 Å². The van der Waals surface area contributed by atoms with E-state index in [0.29, 0.717) is 11.1 Å². The number of hydrogen-bond acceptors (Lipinski definition) is 4. The molecule has 0 spiro atoms. The van der Waals surface area contributed by atoms with E-state index in [4.69, 9.17) is 31.7 Å². The molecule has 4 nitrogen and oxygen atoms in total. The van der Waals surface area contributed by atoms with E-state index in [1.165, 1.54) is 0 Å². The third kappa shape index (κ3) is 4.65. The first-order valence-electron chi connectivity index (χ1n) is 21.9. The van der Waals surface area contributed by atoms with Gasteiger partial charge in [-0.25, -0.2) is 15.0 Å². The van der Waals surface area contributed by atoms with Crippen LogP contribution in [0.2, 0.25) is 0 Å². The van der Waals surface area contributed by atoms with Gasteiger partial charge in [-0.15, -0.1) is 0 Å². The molecule has 0 radical (unpaired) electrons. The Morgan fingerprint density at radius 3 is 1.65 bits per heavy atom. The second-order valence-electron chi connectivity index (χ2n) is 11.4. The van der Waals surface area contributed by atoms with E-state index in [1.807, 2.05) is 84.9 Å². The summed E-state index contributed by atoms with van der Waals surface area (Å²) in [6.07, 6.45) is 0. The van der Waals surface area contributed by atoms with Crippen molar-refractivity contribution in [3.8, 4) is 45.3 Å². The van der Waals surface area contributed by atoms with Gasteiger partial charge in [0.25, 0.3) is 0 Å². The number of nitrogens with zero attached hydrogens (tertiary/aromatic N) is 3. The summed E-state index contributed by atoms with van der Waals surface area (Å²) in [4.78, 5) is 14.4. The topological polar surface area (TPSA) is 51.8 Å². The highest BCUT2D eigenvalue weighted by molar-refractivity contribution is 6.22. The van der Waals surface area contributed by atoms with Gasteiger partial charge in [0.1, 0.15) is 11.2 Å². The van der Waals surface area contributed by atoms with Crippen LogP contribution in [0.1, 0.15) is 17.8 Å². The Morgan fingerprint density at radius 2 is 1.00 bits per heavy atom. The van der Waals surface area contributed by atoms with Crippen molar-refractivity contribution in [3.63, 3.8) is 0 Å². The van der Waals surface area contributed by atoms with Crippen LogP contribution in [0, 0.1) is 0 Å². The lowest BCUT2D eigenvalue weighted by Crippen LogP contribution is -2.00. The van der Waals surface area contributed by atoms with Crippen molar-refractivity contribution in [3.05, 3.63) is 163 Å². The van der Waals surface area contributed by atoms with Gasteiger partial charge in [-0.2, -0.15) is 0 Å². The summed E-state index contributed by atoms with van der Waals surface area (Å²) < 4.78 is 122. The summed E-state index contributed by atoms with van der Waals surface area (Å²) in [5.74, 6) is 0.310. The number of furan rings is 1. The van der Waals surface area contributed by atoms with Crippen LogP contribution in [0.3, 0.4) is 0 Å². The molecule has 0 fully saturated rings. The highest BCUT2D eigenvalue weighted by Crippen LogP contribution is 2.41. The molecule has 0 amide bonds. The first-order valence-corrected chi connectivity index (χ1v) is 15.4. The van der Waals surface area contributed by atoms with Crippen LogP contribution in [0.15, 0.2) is 168 Å². The monoisotopic (exact) mass is 638 g/mol. The molecular formula is C45H27N3O. The fourth-order valence-corrected chi connectivity index (χ4v) is 6.18. The average Bonchev–Trinajstić information content (AvgIpc) is 3.70. The summed E-state index contributed by atoms with van der Waals surface area (Å²) in [6, 6.07) is 18.5. The Bertz CT molecular complexity index is 3520. The standard InChI is InChI=1S/C45H27N3O/c1-2-12-30(13-3-1)39-27-41-42(37-17-9-8-16-36(37)39)38-23-22-35(26-40(38)49-41)45-47-43(33-20-18-28-10-4-6-14-31(28)24-33)46-44(48-45)34-21-19-29-11-5-7-15-32(29)25-34/h1-27H/i1D,2D,3D,8D,9D,12D,13D,16D,17D,22D,23D,26D,27D. The van der Waals surface area contributed by atoms with Gasteiger partial charge in [0, 0.05) is 27.5 Å². The molecule has 0 aliphatic rings. The molecule has 2 heterocycles. The van der Waals surface area contributed by atoms with E-state index >= 15 is 0 Å². The Hall–Kier alpha value is -6.65. The van der Waals surface area contributed by atoms with Crippen molar-refractivity contribution in [2.45, 2.75) is 0 Å². The van der Waals surface area contributed by atoms with Crippen molar-refractivity contribution in [1.29, 1.82) is 0 Å². The van der Waals surface area contributed by atoms with Crippen molar-refractivity contribution in [2.24, 2.45) is 0 Å². The third-order valence-corrected chi connectivity index (χ3v) is 8.51. The smallest absolute Gasteiger partial charge is 0.164 e. The molecule has 10 rings (SSSR count). The van der Waals surface area contributed by atoms with E-state index in [-0.39, 0.29) is 55.7 Å².